The standard InChI is InChI=1S/C26H31N3O4/c1-32-22-8-6-19(17-23(22)33-2)7-9-24(30)29-15-11-26(12-16-29)18-21(26)25(31)28-14-10-20-5-3-4-13-27-20/h3-9,13,17,21H,10-12,14-16,18H2,1-2H3,(H,28,31)/b9-7+/t21-/m1/s1. The van der Waals surface area contributed by atoms with Gasteiger partial charge in [-0.1, -0.05) is 12.1 Å². The van der Waals surface area contributed by atoms with Crippen molar-refractivity contribution in [2.45, 2.75) is 25.7 Å². The lowest BCUT2D eigenvalue weighted by Gasteiger charge is -2.32. The third-order valence-electron chi connectivity index (χ3n) is 6.81. The van der Waals surface area contributed by atoms with Crippen LogP contribution in [0.3, 0.4) is 0 Å². The van der Waals surface area contributed by atoms with E-state index in [1.165, 1.54) is 0 Å². The summed E-state index contributed by atoms with van der Waals surface area (Å²) in [6.45, 7) is 1.98. The monoisotopic (exact) mass is 449 g/mol. The van der Waals surface area contributed by atoms with Gasteiger partial charge < -0.3 is 19.7 Å². The van der Waals surface area contributed by atoms with E-state index in [0.29, 0.717) is 31.1 Å². The van der Waals surface area contributed by atoms with Gasteiger partial charge in [-0.3, -0.25) is 14.6 Å². The topological polar surface area (TPSA) is 80.8 Å². The number of piperidine rings is 1. The van der Waals surface area contributed by atoms with Crippen molar-refractivity contribution in [1.29, 1.82) is 0 Å². The van der Waals surface area contributed by atoms with Crippen LogP contribution in [0.25, 0.3) is 6.08 Å². The third kappa shape index (κ3) is 5.35. The zero-order chi connectivity index (χ0) is 23.3. The summed E-state index contributed by atoms with van der Waals surface area (Å²) in [5, 5.41) is 3.06. The van der Waals surface area contributed by atoms with Crippen molar-refractivity contribution in [2.75, 3.05) is 33.9 Å². The average Bonchev–Trinajstić information content (AvgIpc) is 3.56. The van der Waals surface area contributed by atoms with Gasteiger partial charge in [0.25, 0.3) is 0 Å². The second-order valence-corrected chi connectivity index (χ2v) is 8.75. The van der Waals surface area contributed by atoms with E-state index in [4.69, 9.17) is 9.47 Å². The molecule has 1 saturated carbocycles. The van der Waals surface area contributed by atoms with Crippen molar-refractivity contribution in [1.82, 2.24) is 15.2 Å². The molecule has 0 bridgehead atoms. The molecule has 2 aliphatic rings. The lowest BCUT2D eigenvalue weighted by atomic mass is 9.90. The number of amides is 2. The Hall–Kier alpha value is -3.35. The lowest BCUT2D eigenvalue weighted by molar-refractivity contribution is -0.127. The summed E-state index contributed by atoms with van der Waals surface area (Å²) >= 11 is 0. The minimum Gasteiger partial charge on any atom is -0.493 e. The molecule has 174 valence electrons. The first-order chi connectivity index (χ1) is 16.0. The number of aromatic nitrogens is 1. The molecule has 1 aromatic carbocycles. The molecule has 1 spiro atoms. The zero-order valence-corrected chi connectivity index (χ0v) is 19.3. The largest absolute Gasteiger partial charge is 0.493 e. The summed E-state index contributed by atoms with van der Waals surface area (Å²) in [4.78, 5) is 31.4. The van der Waals surface area contributed by atoms with Crippen molar-refractivity contribution in [3.05, 3.63) is 59.9 Å². The van der Waals surface area contributed by atoms with Gasteiger partial charge in [-0.25, -0.2) is 0 Å². The van der Waals surface area contributed by atoms with Gasteiger partial charge in [0.1, 0.15) is 0 Å². The predicted molar refractivity (Wildman–Crippen MR) is 126 cm³/mol. The highest BCUT2D eigenvalue weighted by Gasteiger charge is 2.58. The fraction of sp³-hybridized carbons (Fsp3) is 0.423. The van der Waals surface area contributed by atoms with E-state index in [-0.39, 0.29) is 23.1 Å². The van der Waals surface area contributed by atoms with Crippen LogP contribution in [0.1, 0.15) is 30.5 Å². The van der Waals surface area contributed by atoms with Crippen LogP contribution in [0, 0.1) is 11.3 Å². The van der Waals surface area contributed by atoms with Crippen molar-refractivity contribution < 1.29 is 19.1 Å². The van der Waals surface area contributed by atoms with Crippen molar-refractivity contribution >= 4 is 17.9 Å². The lowest BCUT2D eigenvalue weighted by Crippen LogP contribution is -2.40. The van der Waals surface area contributed by atoms with Gasteiger partial charge in [-0.15, -0.1) is 0 Å². The number of likely N-dealkylation sites (tertiary alicyclic amines) is 1. The van der Waals surface area contributed by atoms with Crippen LogP contribution in [0.2, 0.25) is 0 Å². The van der Waals surface area contributed by atoms with Crippen LogP contribution >= 0.6 is 0 Å². The molecular weight excluding hydrogens is 418 g/mol. The van der Waals surface area contributed by atoms with Crippen molar-refractivity contribution in [3.8, 4) is 11.5 Å². The van der Waals surface area contributed by atoms with Gasteiger partial charge in [0.2, 0.25) is 11.8 Å². The van der Waals surface area contributed by atoms with Crippen LogP contribution in [-0.4, -0.2) is 55.6 Å². The fourth-order valence-corrected chi connectivity index (χ4v) is 4.66. The molecule has 2 heterocycles. The number of carbonyl (C=O) groups is 2. The highest BCUT2D eigenvalue weighted by Crippen LogP contribution is 2.59. The smallest absolute Gasteiger partial charge is 0.246 e. The average molecular weight is 450 g/mol. The number of pyridine rings is 1. The van der Waals surface area contributed by atoms with E-state index >= 15 is 0 Å². The summed E-state index contributed by atoms with van der Waals surface area (Å²) in [6.07, 6.45) is 8.58. The maximum Gasteiger partial charge on any atom is 0.246 e. The first kappa shape index (κ1) is 22.8. The third-order valence-corrected chi connectivity index (χ3v) is 6.81. The van der Waals surface area contributed by atoms with Gasteiger partial charge in [-0.05, 0) is 60.6 Å². The molecule has 1 aromatic heterocycles. The molecule has 7 heteroatoms. The summed E-state index contributed by atoms with van der Waals surface area (Å²) < 4.78 is 10.6. The predicted octanol–water partition coefficient (Wildman–Crippen LogP) is 3.10. The minimum absolute atomic E-state index is 0.00310. The Morgan fingerprint density at radius 1 is 1.15 bits per heavy atom. The fourth-order valence-electron chi connectivity index (χ4n) is 4.66. The summed E-state index contributed by atoms with van der Waals surface area (Å²) in [5.41, 5.74) is 1.93. The molecule has 33 heavy (non-hydrogen) atoms. The second kappa shape index (κ2) is 10.1. The molecule has 0 unspecified atom stereocenters. The number of hydrogen-bond acceptors (Lipinski definition) is 5. The first-order valence-electron chi connectivity index (χ1n) is 11.4. The van der Waals surface area contributed by atoms with Gasteiger partial charge >= 0.3 is 0 Å². The molecule has 2 fully saturated rings. The minimum atomic E-state index is -0.00310. The van der Waals surface area contributed by atoms with Gasteiger partial charge in [0.05, 0.1) is 14.2 Å². The van der Waals surface area contributed by atoms with E-state index in [1.807, 2.05) is 41.3 Å². The van der Waals surface area contributed by atoms with Crippen LogP contribution in [-0.2, 0) is 16.0 Å². The first-order valence-corrected chi connectivity index (χ1v) is 11.4. The van der Waals surface area contributed by atoms with E-state index in [0.717, 1.165) is 36.9 Å². The number of methoxy groups -OCH3 is 2. The van der Waals surface area contributed by atoms with Crippen LogP contribution in [0.4, 0.5) is 0 Å². The van der Waals surface area contributed by atoms with Crippen molar-refractivity contribution in [2.24, 2.45) is 11.3 Å². The van der Waals surface area contributed by atoms with Gasteiger partial charge in [0.15, 0.2) is 11.5 Å². The second-order valence-electron chi connectivity index (χ2n) is 8.75. The van der Waals surface area contributed by atoms with E-state index < -0.39 is 0 Å². The van der Waals surface area contributed by atoms with Crippen LogP contribution in [0.15, 0.2) is 48.7 Å². The molecule has 0 radical (unpaired) electrons. The molecule has 1 aliphatic heterocycles. The number of ether oxygens (including phenoxy) is 2. The molecule has 1 atom stereocenters. The normalized spacial score (nSPS) is 18.8. The number of benzene rings is 1. The zero-order valence-electron chi connectivity index (χ0n) is 19.3. The molecule has 2 amide bonds. The summed E-state index contributed by atoms with van der Waals surface area (Å²) in [7, 11) is 3.18. The molecule has 7 nitrogen and oxygen atoms in total. The maximum absolute atomic E-state index is 12.7. The van der Waals surface area contributed by atoms with Crippen molar-refractivity contribution in [3.63, 3.8) is 0 Å². The molecule has 1 saturated heterocycles. The Morgan fingerprint density at radius 3 is 2.64 bits per heavy atom. The summed E-state index contributed by atoms with van der Waals surface area (Å²) in [6, 6.07) is 11.4. The number of hydrogen-bond donors (Lipinski definition) is 1. The highest BCUT2D eigenvalue weighted by molar-refractivity contribution is 5.92. The Morgan fingerprint density at radius 2 is 1.94 bits per heavy atom. The number of rotatable bonds is 8. The Bertz CT molecular complexity index is 1010. The summed E-state index contributed by atoms with van der Waals surface area (Å²) in [5.74, 6) is 1.49. The quantitative estimate of drug-likeness (QED) is 0.627. The number of nitrogens with zero attached hydrogens (tertiary/aromatic N) is 2. The molecule has 1 aliphatic carbocycles. The van der Waals surface area contributed by atoms with Gasteiger partial charge in [0, 0.05) is 49.9 Å². The van der Waals surface area contributed by atoms with E-state index in [2.05, 4.69) is 10.3 Å². The van der Waals surface area contributed by atoms with Gasteiger partial charge in [-0.2, -0.15) is 0 Å². The van der Waals surface area contributed by atoms with Crippen LogP contribution in [0.5, 0.6) is 11.5 Å². The van der Waals surface area contributed by atoms with E-state index in [9.17, 15) is 9.59 Å². The van der Waals surface area contributed by atoms with Crippen LogP contribution < -0.4 is 14.8 Å². The molecule has 2 aromatic rings. The Balaban J connectivity index is 1.23. The molecule has 1 N–H and O–H groups in total. The Kier molecular flexibility index (Phi) is 6.96. The molecular formula is C26H31N3O4. The number of carbonyl (C=O) groups excluding carboxylic acids is 2. The SMILES string of the molecule is COc1ccc(/C=C/C(=O)N2CCC3(CC2)C[C@@H]3C(=O)NCCc2ccccn2)cc1OC. The van der Waals surface area contributed by atoms with E-state index in [1.54, 1.807) is 32.6 Å². The maximum atomic E-state index is 12.7. The Labute approximate surface area is 194 Å². The molecule has 4 rings (SSSR count). The highest BCUT2D eigenvalue weighted by atomic mass is 16.5. The number of nitrogens with one attached hydrogen (secondary N) is 1.